The van der Waals surface area contributed by atoms with Crippen LogP contribution in [0.15, 0.2) is 30.3 Å². The van der Waals surface area contributed by atoms with E-state index in [9.17, 15) is 0 Å². The Hall–Kier alpha value is -2.10. The van der Waals surface area contributed by atoms with Gasteiger partial charge in [0.2, 0.25) is 5.88 Å². The lowest BCUT2D eigenvalue weighted by molar-refractivity contribution is 0.455. The highest BCUT2D eigenvalue weighted by Gasteiger charge is 2.11. The van der Waals surface area contributed by atoms with E-state index >= 15 is 0 Å². The number of aromatic nitrogens is 2. The van der Waals surface area contributed by atoms with Crippen LogP contribution >= 0.6 is 0 Å². The number of aryl methyl sites for hydroxylation is 1. The van der Waals surface area contributed by atoms with Crippen LogP contribution in [0.2, 0.25) is 0 Å². The molecule has 0 aliphatic heterocycles. The molecule has 1 heterocycles. The fourth-order valence-corrected chi connectivity index (χ4v) is 1.74. The van der Waals surface area contributed by atoms with Crippen LogP contribution < -0.4 is 10.1 Å². The van der Waals surface area contributed by atoms with E-state index < -0.39 is 0 Å². The monoisotopic (exact) mass is 257 g/mol. The third-order valence-electron chi connectivity index (χ3n) is 2.77. The molecule has 2 aromatic rings. The molecule has 1 aromatic carbocycles. The van der Waals surface area contributed by atoms with Gasteiger partial charge in [-0.2, -0.15) is 4.98 Å². The van der Waals surface area contributed by atoms with Gasteiger partial charge in [0, 0.05) is 13.0 Å². The lowest BCUT2D eigenvalue weighted by Crippen LogP contribution is -2.07. The average Bonchev–Trinajstić information content (AvgIpc) is 2.44. The Kier molecular flexibility index (Phi) is 4.34. The van der Waals surface area contributed by atoms with Crippen molar-refractivity contribution in [1.29, 1.82) is 0 Å². The van der Waals surface area contributed by atoms with Crippen LogP contribution in [0, 0.1) is 6.92 Å². The zero-order chi connectivity index (χ0) is 13.7. The summed E-state index contributed by atoms with van der Waals surface area (Å²) in [4.78, 5) is 8.94. The third-order valence-corrected chi connectivity index (χ3v) is 2.77. The summed E-state index contributed by atoms with van der Waals surface area (Å²) in [5, 5.41) is 3.25. The van der Waals surface area contributed by atoms with Crippen molar-refractivity contribution < 1.29 is 4.74 Å². The maximum absolute atomic E-state index is 5.85. The standard InChI is InChI=1S/C15H19N3O/c1-4-13-17-14(16-5-2)11(3)15(18-13)19-12-9-7-6-8-10-12/h6-10H,4-5H2,1-3H3,(H,16,17,18). The minimum atomic E-state index is 0.619. The van der Waals surface area contributed by atoms with E-state index in [2.05, 4.69) is 15.3 Å². The summed E-state index contributed by atoms with van der Waals surface area (Å²) in [7, 11) is 0. The van der Waals surface area contributed by atoms with Crippen molar-refractivity contribution in [1.82, 2.24) is 9.97 Å². The van der Waals surface area contributed by atoms with Crippen molar-refractivity contribution >= 4 is 5.82 Å². The summed E-state index contributed by atoms with van der Waals surface area (Å²) in [6.07, 6.45) is 0.782. The minimum absolute atomic E-state index is 0.619. The van der Waals surface area contributed by atoms with Gasteiger partial charge in [0.25, 0.3) is 0 Å². The molecule has 1 aromatic heterocycles. The van der Waals surface area contributed by atoms with Crippen molar-refractivity contribution in [2.75, 3.05) is 11.9 Å². The molecule has 0 amide bonds. The Morgan fingerprint density at radius 3 is 2.47 bits per heavy atom. The molecule has 19 heavy (non-hydrogen) atoms. The van der Waals surface area contributed by atoms with E-state index in [0.29, 0.717) is 5.88 Å². The van der Waals surface area contributed by atoms with Crippen molar-refractivity contribution in [3.8, 4) is 11.6 Å². The molecule has 0 saturated heterocycles. The Morgan fingerprint density at radius 1 is 1.11 bits per heavy atom. The second-order valence-electron chi connectivity index (χ2n) is 4.22. The molecular formula is C15H19N3O. The molecule has 2 rings (SSSR count). The molecule has 0 saturated carbocycles. The largest absolute Gasteiger partial charge is 0.439 e. The molecule has 4 nitrogen and oxygen atoms in total. The molecule has 100 valence electrons. The van der Waals surface area contributed by atoms with E-state index in [0.717, 1.165) is 35.9 Å². The minimum Gasteiger partial charge on any atom is -0.439 e. The van der Waals surface area contributed by atoms with Crippen LogP contribution in [-0.2, 0) is 6.42 Å². The lowest BCUT2D eigenvalue weighted by Gasteiger charge is -2.13. The number of para-hydroxylation sites is 1. The van der Waals surface area contributed by atoms with Gasteiger partial charge >= 0.3 is 0 Å². The molecule has 0 atom stereocenters. The summed E-state index contributed by atoms with van der Waals surface area (Å²) in [6, 6.07) is 9.68. The number of ether oxygens (including phenoxy) is 1. The van der Waals surface area contributed by atoms with E-state index in [4.69, 9.17) is 4.74 Å². The lowest BCUT2D eigenvalue weighted by atomic mass is 10.3. The third kappa shape index (κ3) is 3.22. The molecule has 0 fully saturated rings. The molecule has 0 bridgehead atoms. The molecule has 0 aliphatic rings. The molecular weight excluding hydrogens is 238 g/mol. The van der Waals surface area contributed by atoms with Crippen molar-refractivity contribution in [2.45, 2.75) is 27.2 Å². The number of nitrogens with zero attached hydrogens (tertiary/aromatic N) is 2. The number of benzene rings is 1. The molecule has 1 N–H and O–H groups in total. The van der Waals surface area contributed by atoms with Crippen molar-refractivity contribution in [3.05, 3.63) is 41.7 Å². The number of anilines is 1. The molecule has 0 spiro atoms. The van der Waals surface area contributed by atoms with Crippen LogP contribution in [0.5, 0.6) is 11.6 Å². The van der Waals surface area contributed by atoms with Gasteiger partial charge in [0.05, 0.1) is 5.56 Å². The van der Waals surface area contributed by atoms with Crippen LogP contribution in [0.3, 0.4) is 0 Å². The summed E-state index contributed by atoms with van der Waals surface area (Å²) >= 11 is 0. The highest BCUT2D eigenvalue weighted by atomic mass is 16.5. The summed E-state index contributed by atoms with van der Waals surface area (Å²) in [6.45, 7) is 6.87. The second kappa shape index (κ2) is 6.18. The van der Waals surface area contributed by atoms with Crippen molar-refractivity contribution in [3.63, 3.8) is 0 Å². The SMILES string of the molecule is CCNc1nc(CC)nc(Oc2ccccc2)c1C. The first kappa shape index (κ1) is 13.3. The zero-order valence-electron chi connectivity index (χ0n) is 11.6. The van der Waals surface area contributed by atoms with Gasteiger partial charge < -0.3 is 10.1 Å². The van der Waals surface area contributed by atoms with E-state index in [1.807, 2.05) is 51.1 Å². The number of hydrogen-bond acceptors (Lipinski definition) is 4. The second-order valence-corrected chi connectivity index (χ2v) is 4.22. The van der Waals surface area contributed by atoms with Gasteiger partial charge in [0.1, 0.15) is 17.4 Å². The first-order chi connectivity index (χ1) is 9.24. The average molecular weight is 257 g/mol. The predicted molar refractivity (Wildman–Crippen MR) is 76.8 cm³/mol. The van der Waals surface area contributed by atoms with Crippen LogP contribution in [-0.4, -0.2) is 16.5 Å². The maximum Gasteiger partial charge on any atom is 0.227 e. The van der Waals surface area contributed by atoms with Gasteiger partial charge in [-0.05, 0) is 26.0 Å². The van der Waals surface area contributed by atoms with E-state index in [1.165, 1.54) is 0 Å². The zero-order valence-corrected chi connectivity index (χ0v) is 11.6. The van der Waals surface area contributed by atoms with Crippen LogP contribution in [0.25, 0.3) is 0 Å². The highest BCUT2D eigenvalue weighted by molar-refractivity contribution is 5.49. The molecule has 0 unspecified atom stereocenters. The molecule has 4 heteroatoms. The summed E-state index contributed by atoms with van der Waals surface area (Å²) in [5.74, 6) is 3.04. The van der Waals surface area contributed by atoms with Crippen molar-refractivity contribution in [2.24, 2.45) is 0 Å². The van der Waals surface area contributed by atoms with Gasteiger partial charge in [-0.25, -0.2) is 4.98 Å². The Balaban J connectivity index is 2.35. The summed E-state index contributed by atoms with van der Waals surface area (Å²) < 4.78 is 5.85. The van der Waals surface area contributed by atoms with Gasteiger partial charge in [0.15, 0.2) is 0 Å². The van der Waals surface area contributed by atoms with E-state index in [1.54, 1.807) is 0 Å². The van der Waals surface area contributed by atoms with Crippen LogP contribution in [0.4, 0.5) is 5.82 Å². The first-order valence-corrected chi connectivity index (χ1v) is 6.58. The number of nitrogens with one attached hydrogen (secondary N) is 1. The number of hydrogen-bond donors (Lipinski definition) is 1. The quantitative estimate of drug-likeness (QED) is 0.889. The fraction of sp³-hybridized carbons (Fsp3) is 0.333. The Bertz CT molecular complexity index is 541. The Labute approximate surface area is 113 Å². The summed E-state index contributed by atoms with van der Waals surface area (Å²) in [5.41, 5.74) is 0.933. The molecule has 0 radical (unpaired) electrons. The fourth-order valence-electron chi connectivity index (χ4n) is 1.74. The van der Waals surface area contributed by atoms with Crippen LogP contribution in [0.1, 0.15) is 25.2 Å². The van der Waals surface area contributed by atoms with E-state index in [-0.39, 0.29) is 0 Å². The topological polar surface area (TPSA) is 47.0 Å². The number of rotatable bonds is 5. The van der Waals surface area contributed by atoms with Gasteiger partial charge in [-0.15, -0.1) is 0 Å². The Morgan fingerprint density at radius 2 is 1.84 bits per heavy atom. The maximum atomic E-state index is 5.85. The highest BCUT2D eigenvalue weighted by Crippen LogP contribution is 2.26. The predicted octanol–water partition coefficient (Wildman–Crippen LogP) is 3.57. The first-order valence-electron chi connectivity index (χ1n) is 6.58. The smallest absolute Gasteiger partial charge is 0.227 e. The molecule has 0 aliphatic carbocycles. The van der Waals surface area contributed by atoms with Gasteiger partial charge in [-0.1, -0.05) is 25.1 Å². The van der Waals surface area contributed by atoms with Gasteiger partial charge in [-0.3, -0.25) is 0 Å². The normalized spacial score (nSPS) is 10.3.